The topological polar surface area (TPSA) is 88.3 Å². The summed E-state index contributed by atoms with van der Waals surface area (Å²) in [6.45, 7) is 0. The first-order valence-corrected chi connectivity index (χ1v) is 7.88. The summed E-state index contributed by atoms with van der Waals surface area (Å²) in [6, 6.07) is 7.45. The van der Waals surface area contributed by atoms with E-state index in [9.17, 15) is 5.11 Å². The fourth-order valence-electron chi connectivity index (χ4n) is 2.50. The molecule has 0 saturated carbocycles. The molecule has 0 bridgehead atoms. The molecule has 1 aliphatic rings. The van der Waals surface area contributed by atoms with Crippen LogP contribution in [-0.4, -0.2) is 29.3 Å². The van der Waals surface area contributed by atoms with Crippen LogP contribution in [0.1, 0.15) is 34.6 Å². The minimum absolute atomic E-state index is 0.0438. The van der Waals surface area contributed by atoms with Gasteiger partial charge in [0.15, 0.2) is 0 Å². The van der Waals surface area contributed by atoms with E-state index in [4.69, 9.17) is 14.7 Å². The summed E-state index contributed by atoms with van der Waals surface area (Å²) in [4.78, 5) is 9.59. The lowest BCUT2D eigenvalue weighted by Gasteiger charge is -2.27. The van der Waals surface area contributed by atoms with Gasteiger partial charge in [0.05, 0.1) is 49.1 Å². The summed E-state index contributed by atoms with van der Waals surface area (Å²) in [5, 5.41) is 19.3. The molecule has 7 heteroatoms. The van der Waals surface area contributed by atoms with E-state index >= 15 is 0 Å². The molecule has 6 nitrogen and oxygen atoms in total. The SMILES string of the molecule is COc1ncc(C2CC(O)c3cc(C#N)ccc3S2)nc1OC. The molecular formula is C16H15N3O3S. The zero-order valence-electron chi connectivity index (χ0n) is 12.7. The number of aromatic nitrogens is 2. The molecule has 1 aromatic carbocycles. The number of thioether (sulfide) groups is 1. The van der Waals surface area contributed by atoms with Crippen LogP contribution in [0.25, 0.3) is 0 Å². The lowest BCUT2D eigenvalue weighted by atomic mass is 10.0. The van der Waals surface area contributed by atoms with Crippen molar-refractivity contribution in [3.05, 3.63) is 41.2 Å². The van der Waals surface area contributed by atoms with Crippen LogP contribution in [0.3, 0.4) is 0 Å². The van der Waals surface area contributed by atoms with Crippen LogP contribution in [0.2, 0.25) is 0 Å². The standard InChI is InChI=1S/C16H15N3O3S/c1-21-15-16(22-2)19-11(8-18-15)14-6-12(20)10-5-9(7-17)3-4-13(10)23-14/h3-5,8,12,14,20H,6H2,1-2H3. The average Bonchev–Trinajstić information content (AvgIpc) is 2.60. The van der Waals surface area contributed by atoms with Gasteiger partial charge in [0.1, 0.15) is 0 Å². The van der Waals surface area contributed by atoms with Gasteiger partial charge in [-0.05, 0) is 30.2 Å². The van der Waals surface area contributed by atoms with Crippen molar-refractivity contribution in [2.75, 3.05) is 14.2 Å². The second kappa shape index (κ2) is 6.44. The number of aliphatic hydroxyl groups is 1. The molecular weight excluding hydrogens is 314 g/mol. The van der Waals surface area contributed by atoms with Crippen LogP contribution < -0.4 is 9.47 Å². The molecule has 2 unspecified atom stereocenters. The normalized spacial score (nSPS) is 19.6. The van der Waals surface area contributed by atoms with Crippen LogP contribution in [-0.2, 0) is 0 Å². The van der Waals surface area contributed by atoms with Gasteiger partial charge in [-0.15, -0.1) is 11.8 Å². The fraction of sp³-hybridized carbons (Fsp3) is 0.312. The number of hydrogen-bond acceptors (Lipinski definition) is 7. The van der Waals surface area contributed by atoms with Gasteiger partial charge in [0, 0.05) is 4.90 Å². The molecule has 1 aromatic heterocycles. The van der Waals surface area contributed by atoms with Gasteiger partial charge in [-0.1, -0.05) is 0 Å². The Bertz CT molecular complexity index is 776. The highest BCUT2D eigenvalue weighted by atomic mass is 32.2. The predicted octanol–water partition coefficient (Wildman–Crippen LogP) is 2.64. The van der Waals surface area contributed by atoms with Gasteiger partial charge in [-0.2, -0.15) is 5.26 Å². The van der Waals surface area contributed by atoms with Gasteiger partial charge in [-0.3, -0.25) is 0 Å². The van der Waals surface area contributed by atoms with Crippen molar-refractivity contribution in [3.63, 3.8) is 0 Å². The van der Waals surface area contributed by atoms with Gasteiger partial charge < -0.3 is 14.6 Å². The number of nitriles is 1. The van der Waals surface area contributed by atoms with Crippen LogP contribution in [0.15, 0.2) is 29.3 Å². The van der Waals surface area contributed by atoms with Crippen LogP contribution in [0.5, 0.6) is 11.8 Å². The monoisotopic (exact) mass is 329 g/mol. The number of methoxy groups -OCH3 is 2. The molecule has 0 aliphatic carbocycles. The third kappa shape index (κ3) is 2.96. The van der Waals surface area contributed by atoms with Crippen molar-refractivity contribution in [3.8, 4) is 17.8 Å². The van der Waals surface area contributed by atoms with E-state index < -0.39 is 6.10 Å². The van der Waals surface area contributed by atoms with E-state index in [1.807, 2.05) is 6.07 Å². The van der Waals surface area contributed by atoms with Crippen molar-refractivity contribution >= 4 is 11.8 Å². The molecule has 0 amide bonds. The summed E-state index contributed by atoms with van der Waals surface area (Å²) in [5.41, 5.74) is 2.06. The minimum atomic E-state index is -0.639. The second-order valence-corrected chi connectivity index (χ2v) is 6.28. The molecule has 23 heavy (non-hydrogen) atoms. The molecule has 3 rings (SSSR count). The lowest BCUT2D eigenvalue weighted by Crippen LogP contribution is -2.12. The maximum atomic E-state index is 10.4. The van der Waals surface area contributed by atoms with Crippen molar-refractivity contribution in [1.82, 2.24) is 9.97 Å². The predicted molar refractivity (Wildman–Crippen MR) is 84.5 cm³/mol. The highest BCUT2D eigenvalue weighted by Crippen LogP contribution is 2.48. The fourth-order valence-corrected chi connectivity index (χ4v) is 3.80. The van der Waals surface area contributed by atoms with Gasteiger partial charge >= 0.3 is 0 Å². The highest BCUT2D eigenvalue weighted by molar-refractivity contribution is 7.99. The first kappa shape index (κ1) is 15.6. The lowest BCUT2D eigenvalue weighted by molar-refractivity contribution is 0.160. The van der Waals surface area contributed by atoms with Crippen LogP contribution in [0, 0.1) is 11.3 Å². The summed E-state index contributed by atoms with van der Waals surface area (Å²) >= 11 is 1.60. The van der Waals surface area contributed by atoms with Crippen molar-refractivity contribution in [2.24, 2.45) is 0 Å². The van der Waals surface area contributed by atoms with E-state index in [-0.39, 0.29) is 5.25 Å². The van der Waals surface area contributed by atoms with E-state index in [1.165, 1.54) is 14.2 Å². The molecule has 2 aromatic rings. The largest absolute Gasteiger partial charge is 0.477 e. The van der Waals surface area contributed by atoms with E-state index in [2.05, 4.69) is 16.0 Å². The molecule has 0 radical (unpaired) electrons. The summed E-state index contributed by atoms with van der Waals surface area (Å²) in [7, 11) is 3.02. The summed E-state index contributed by atoms with van der Waals surface area (Å²) in [5.74, 6) is 0.655. The summed E-state index contributed by atoms with van der Waals surface area (Å²) in [6.07, 6.45) is 1.50. The first-order chi connectivity index (χ1) is 11.2. The van der Waals surface area contributed by atoms with Crippen LogP contribution >= 0.6 is 11.8 Å². The van der Waals surface area contributed by atoms with E-state index in [0.717, 1.165) is 16.2 Å². The maximum absolute atomic E-state index is 10.4. The molecule has 0 spiro atoms. The third-order valence-corrected chi connectivity index (χ3v) is 4.99. The highest BCUT2D eigenvalue weighted by Gasteiger charge is 2.29. The first-order valence-electron chi connectivity index (χ1n) is 7.00. The number of aliphatic hydroxyl groups excluding tert-OH is 1. The average molecular weight is 329 g/mol. The molecule has 2 atom stereocenters. The Morgan fingerprint density at radius 2 is 2.09 bits per heavy atom. The van der Waals surface area contributed by atoms with Gasteiger partial charge in [0.2, 0.25) is 0 Å². The molecule has 1 N–H and O–H groups in total. The zero-order valence-corrected chi connectivity index (χ0v) is 13.5. The molecule has 1 aliphatic heterocycles. The number of rotatable bonds is 3. The summed E-state index contributed by atoms with van der Waals surface area (Å²) < 4.78 is 10.3. The van der Waals surface area contributed by atoms with Gasteiger partial charge in [0.25, 0.3) is 11.8 Å². The Labute approximate surface area is 138 Å². The maximum Gasteiger partial charge on any atom is 0.278 e. The van der Waals surface area contributed by atoms with Gasteiger partial charge in [-0.25, -0.2) is 9.97 Å². The number of ether oxygens (including phenoxy) is 2. The number of nitrogens with zero attached hydrogens (tertiary/aromatic N) is 3. The van der Waals surface area contributed by atoms with Crippen LogP contribution in [0.4, 0.5) is 0 Å². The van der Waals surface area contributed by atoms with E-state index in [1.54, 1.807) is 30.1 Å². The Kier molecular flexibility index (Phi) is 4.37. The number of hydrogen-bond donors (Lipinski definition) is 1. The zero-order chi connectivity index (χ0) is 16.4. The van der Waals surface area contributed by atoms with Crippen molar-refractivity contribution in [2.45, 2.75) is 22.7 Å². The minimum Gasteiger partial charge on any atom is -0.477 e. The molecule has 2 heterocycles. The molecule has 0 saturated heterocycles. The molecule has 118 valence electrons. The Morgan fingerprint density at radius 3 is 2.78 bits per heavy atom. The quantitative estimate of drug-likeness (QED) is 0.926. The van der Waals surface area contributed by atoms with Crippen molar-refractivity contribution in [1.29, 1.82) is 5.26 Å². The third-order valence-electron chi connectivity index (χ3n) is 3.65. The number of fused-ring (bicyclic) bond motifs is 1. The van der Waals surface area contributed by atoms with E-state index in [0.29, 0.717) is 23.7 Å². The smallest absolute Gasteiger partial charge is 0.278 e. The number of benzene rings is 1. The van der Waals surface area contributed by atoms with Crippen molar-refractivity contribution < 1.29 is 14.6 Å². The Hall–Kier alpha value is -2.30. The second-order valence-electron chi connectivity index (χ2n) is 5.04. The Balaban J connectivity index is 1.93. The molecule has 0 fully saturated rings. The Morgan fingerprint density at radius 1 is 1.30 bits per heavy atom.